The smallest absolute Gasteiger partial charge is 0.338 e. The van der Waals surface area contributed by atoms with E-state index in [0.717, 1.165) is 0 Å². The van der Waals surface area contributed by atoms with Crippen LogP contribution >= 0.6 is 0 Å². The third-order valence-corrected chi connectivity index (χ3v) is 3.15. The summed E-state index contributed by atoms with van der Waals surface area (Å²) in [5, 5.41) is 0. The highest BCUT2D eigenvalue weighted by molar-refractivity contribution is 5.92. The fourth-order valence-electron chi connectivity index (χ4n) is 1.82. The molecule has 0 aliphatic heterocycles. The molecule has 0 fully saturated rings. The lowest BCUT2D eigenvalue weighted by Gasteiger charge is -2.04. The Kier molecular flexibility index (Phi) is 7.54. The van der Waals surface area contributed by atoms with Gasteiger partial charge < -0.3 is 10.5 Å². The molecule has 0 saturated heterocycles. The van der Waals surface area contributed by atoms with Crippen LogP contribution in [-0.4, -0.2) is 18.5 Å². The molecule has 122 valence electrons. The molecular formula is C19H23NO3. The Balaban J connectivity index is 0.000000231. The predicted molar refractivity (Wildman–Crippen MR) is 91.4 cm³/mol. The molecule has 0 aromatic heterocycles. The number of hydrogen-bond donors (Lipinski definition) is 1. The summed E-state index contributed by atoms with van der Waals surface area (Å²) in [6, 6.07) is 16.3. The van der Waals surface area contributed by atoms with Crippen molar-refractivity contribution in [2.24, 2.45) is 5.73 Å². The van der Waals surface area contributed by atoms with Crippen LogP contribution < -0.4 is 5.73 Å². The van der Waals surface area contributed by atoms with Crippen molar-refractivity contribution in [3.05, 3.63) is 71.3 Å². The molecule has 0 saturated carbocycles. The monoisotopic (exact) mass is 313 g/mol. The molecule has 0 radical (unpaired) electrons. The van der Waals surface area contributed by atoms with Crippen LogP contribution in [0.5, 0.6) is 0 Å². The molecule has 0 heterocycles. The Bertz CT molecular complexity index is 619. The number of amides is 1. The SMILES string of the molecule is CC(C)c1ccc(C(N)=O)cc1.CCOC(=O)c1ccccc1. The first-order valence-electron chi connectivity index (χ1n) is 7.57. The maximum Gasteiger partial charge on any atom is 0.338 e. The molecule has 2 aromatic rings. The summed E-state index contributed by atoms with van der Waals surface area (Å²) in [6.07, 6.45) is 0. The van der Waals surface area contributed by atoms with Gasteiger partial charge in [0.1, 0.15) is 0 Å². The number of primary amides is 1. The molecule has 0 aliphatic rings. The van der Waals surface area contributed by atoms with E-state index < -0.39 is 0 Å². The van der Waals surface area contributed by atoms with Crippen molar-refractivity contribution in [2.45, 2.75) is 26.7 Å². The van der Waals surface area contributed by atoms with E-state index in [1.165, 1.54) is 5.56 Å². The van der Waals surface area contributed by atoms with Gasteiger partial charge in [-0.25, -0.2) is 4.79 Å². The molecule has 0 atom stereocenters. The third kappa shape index (κ3) is 6.34. The number of carbonyl (C=O) groups is 2. The zero-order valence-electron chi connectivity index (χ0n) is 13.8. The standard InChI is InChI=1S/C10H13NO.C9H10O2/c1-7(2)8-3-5-9(6-4-8)10(11)12;1-2-11-9(10)8-6-4-3-5-7-8/h3-7H,1-2H3,(H2,11,12);3-7H,2H2,1H3. The van der Waals surface area contributed by atoms with Crippen LogP contribution in [0.1, 0.15) is 53.0 Å². The van der Waals surface area contributed by atoms with E-state index in [0.29, 0.717) is 23.7 Å². The van der Waals surface area contributed by atoms with Crippen LogP contribution in [0.15, 0.2) is 54.6 Å². The highest BCUT2D eigenvalue weighted by atomic mass is 16.5. The second kappa shape index (κ2) is 9.41. The van der Waals surface area contributed by atoms with Crippen molar-refractivity contribution in [2.75, 3.05) is 6.61 Å². The summed E-state index contributed by atoms with van der Waals surface area (Å²) in [6.45, 7) is 6.44. The van der Waals surface area contributed by atoms with Crippen molar-refractivity contribution in [1.29, 1.82) is 0 Å². The Morgan fingerprint density at radius 2 is 1.52 bits per heavy atom. The first kappa shape index (κ1) is 18.4. The number of nitrogens with two attached hydrogens (primary N) is 1. The molecule has 4 nitrogen and oxygen atoms in total. The van der Waals surface area contributed by atoms with Gasteiger partial charge >= 0.3 is 5.97 Å². The summed E-state index contributed by atoms with van der Waals surface area (Å²) in [4.78, 5) is 21.7. The molecule has 0 aliphatic carbocycles. The molecule has 23 heavy (non-hydrogen) atoms. The molecule has 2 rings (SSSR count). The van der Waals surface area contributed by atoms with Gasteiger partial charge in [-0.2, -0.15) is 0 Å². The highest BCUT2D eigenvalue weighted by Crippen LogP contribution is 2.14. The maximum atomic E-state index is 11.0. The Labute approximate surface area is 137 Å². The van der Waals surface area contributed by atoms with Gasteiger partial charge in [-0.3, -0.25) is 4.79 Å². The first-order valence-corrected chi connectivity index (χ1v) is 7.57. The average molecular weight is 313 g/mol. The summed E-state index contributed by atoms with van der Waals surface area (Å²) in [5.41, 5.74) is 7.50. The Morgan fingerprint density at radius 1 is 0.957 bits per heavy atom. The molecule has 0 unspecified atom stereocenters. The molecule has 2 N–H and O–H groups in total. The Morgan fingerprint density at radius 3 is 1.96 bits per heavy atom. The quantitative estimate of drug-likeness (QED) is 0.873. The number of carbonyl (C=O) groups excluding carboxylic acids is 2. The van der Waals surface area contributed by atoms with Gasteiger partial charge in [-0.05, 0) is 42.7 Å². The maximum absolute atomic E-state index is 11.0. The summed E-state index contributed by atoms with van der Waals surface area (Å²) < 4.78 is 4.79. The second-order valence-corrected chi connectivity index (χ2v) is 5.23. The van der Waals surface area contributed by atoms with Crippen molar-refractivity contribution in [1.82, 2.24) is 0 Å². The zero-order valence-corrected chi connectivity index (χ0v) is 13.8. The lowest BCUT2D eigenvalue weighted by Crippen LogP contribution is -2.10. The highest BCUT2D eigenvalue weighted by Gasteiger charge is 2.02. The van der Waals surface area contributed by atoms with E-state index >= 15 is 0 Å². The van der Waals surface area contributed by atoms with Gasteiger partial charge in [0.15, 0.2) is 0 Å². The van der Waals surface area contributed by atoms with E-state index in [2.05, 4.69) is 13.8 Å². The molecule has 2 aromatic carbocycles. The zero-order chi connectivity index (χ0) is 17.2. The van der Waals surface area contributed by atoms with Crippen LogP contribution in [-0.2, 0) is 4.74 Å². The number of esters is 1. The number of ether oxygens (including phenoxy) is 1. The normalized spacial score (nSPS) is 9.74. The first-order chi connectivity index (χ1) is 11.0. The minimum absolute atomic E-state index is 0.256. The summed E-state index contributed by atoms with van der Waals surface area (Å²) in [7, 11) is 0. The minimum Gasteiger partial charge on any atom is -0.462 e. The number of benzene rings is 2. The largest absolute Gasteiger partial charge is 0.462 e. The van der Waals surface area contributed by atoms with E-state index in [9.17, 15) is 9.59 Å². The third-order valence-electron chi connectivity index (χ3n) is 3.15. The van der Waals surface area contributed by atoms with Gasteiger partial charge in [-0.1, -0.05) is 44.2 Å². The molecular weight excluding hydrogens is 290 g/mol. The molecule has 1 amide bonds. The predicted octanol–water partition coefficient (Wildman–Crippen LogP) is 3.77. The molecule has 4 heteroatoms. The summed E-state index contributed by atoms with van der Waals surface area (Å²) >= 11 is 0. The fraction of sp³-hybridized carbons (Fsp3) is 0.263. The number of rotatable bonds is 4. The Hall–Kier alpha value is -2.62. The van der Waals surface area contributed by atoms with Gasteiger partial charge in [0.2, 0.25) is 5.91 Å². The van der Waals surface area contributed by atoms with Crippen molar-refractivity contribution in [3.63, 3.8) is 0 Å². The van der Waals surface area contributed by atoms with Gasteiger partial charge in [-0.15, -0.1) is 0 Å². The molecule has 0 spiro atoms. The van der Waals surface area contributed by atoms with E-state index in [1.54, 1.807) is 31.2 Å². The molecule has 0 bridgehead atoms. The lowest BCUT2D eigenvalue weighted by molar-refractivity contribution is 0.0526. The van der Waals surface area contributed by atoms with Crippen LogP contribution in [0.25, 0.3) is 0 Å². The van der Waals surface area contributed by atoms with Crippen molar-refractivity contribution in [3.8, 4) is 0 Å². The second-order valence-electron chi connectivity index (χ2n) is 5.23. The fourth-order valence-corrected chi connectivity index (χ4v) is 1.82. The van der Waals surface area contributed by atoms with Crippen LogP contribution in [0.2, 0.25) is 0 Å². The van der Waals surface area contributed by atoms with Gasteiger partial charge in [0.05, 0.1) is 12.2 Å². The van der Waals surface area contributed by atoms with Crippen LogP contribution in [0, 0.1) is 0 Å². The average Bonchev–Trinajstić information content (AvgIpc) is 2.56. The van der Waals surface area contributed by atoms with Crippen LogP contribution in [0.3, 0.4) is 0 Å². The summed E-state index contributed by atoms with van der Waals surface area (Å²) in [5.74, 6) is -0.134. The van der Waals surface area contributed by atoms with Crippen LogP contribution in [0.4, 0.5) is 0 Å². The van der Waals surface area contributed by atoms with Gasteiger partial charge in [0.25, 0.3) is 0 Å². The lowest BCUT2D eigenvalue weighted by atomic mass is 10.0. The van der Waals surface area contributed by atoms with Crippen molar-refractivity contribution < 1.29 is 14.3 Å². The number of hydrogen-bond acceptors (Lipinski definition) is 3. The van der Waals surface area contributed by atoms with Gasteiger partial charge in [0, 0.05) is 5.56 Å². The van der Waals surface area contributed by atoms with Crippen molar-refractivity contribution >= 4 is 11.9 Å². The van der Waals surface area contributed by atoms with E-state index in [1.807, 2.05) is 30.3 Å². The van der Waals surface area contributed by atoms with E-state index in [4.69, 9.17) is 10.5 Å². The van der Waals surface area contributed by atoms with E-state index in [-0.39, 0.29) is 11.9 Å². The topological polar surface area (TPSA) is 69.4 Å². The minimum atomic E-state index is -0.370.